The van der Waals surface area contributed by atoms with Crippen molar-refractivity contribution in [3.05, 3.63) is 78.1 Å². The van der Waals surface area contributed by atoms with E-state index in [0.29, 0.717) is 30.2 Å². The molecule has 5 aromatic rings. The van der Waals surface area contributed by atoms with E-state index in [1.54, 1.807) is 11.1 Å². The van der Waals surface area contributed by atoms with E-state index in [1.807, 2.05) is 72.3 Å². The number of hydrazine groups is 1. The number of nitrogens with two attached hydrogens (primary N) is 1. The van der Waals surface area contributed by atoms with Crippen molar-refractivity contribution < 1.29 is 9.59 Å². The first-order chi connectivity index (χ1) is 17.0. The van der Waals surface area contributed by atoms with Crippen LogP contribution in [0.15, 0.2) is 66.7 Å². The van der Waals surface area contributed by atoms with Gasteiger partial charge in [0.05, 0.1) is 16.6 Å². The molecule has 0 atom stereocenters. The largest absolute Gasteiger partial charge is 0.383 e. The van der Waals surface area contributed by atoms with Gasteiger partial charge in [-0.3, -0.25) is 14.6 Å². The van der Waals surface area contributed by atoms with Crippen LogP contribution in [0.2, 0.25) is 0 Å². The zero-order valence-corrected chi connectivity index (χ0v) is 19.3. The number of aryl methyl sites for hydroxylation is 1. The lowest BCUT2D eigenvalue weighted by atomic mass is 10.0. The highest BCUT2D eigenvalue weighted by atomic mass is 16.2. The monoisotopic (exact) mass is 464 g/mol. The van der Waals surface area contributed by atoms with Gasteiger partial charge in [-0.1, -0.05) is 36.4 Å². The number of imidazole rings is 1. The van der Waals surface area contributed by atoms with Gasteiger partial charge in [-0.05, 0) is 42.1 Å². The maximum absolute atomic E-state index is 13.9. The number of para-hydroxylation sites is 2. The Bertz CT molecular complexity index is 1640. The van der Waals surface area contributed by atoms with Gasteiger partial charge in [-0.15, -0.1) is 0 Å². The quantitative estimate of drug-likeness (QED) is 0.405. The average molecular weight is 465 g/mol. The number of pyridine rings is 1. The van der Waals surface area contributed by atoms with Gasteiger partial charge in [-0.2, -0.15) is 0 Å². The zero-order valence-electron chi connectivity index (χ0n) is 19.3. The number of carbonyl (C=O) groups excluding carboxylic acids is 2. The smallest absolute Gasteiger partial charge is 0.272 e. The fourth-order valence-corrected chi connectivity index (χ4v) is 4.89. The van der Waals surface area contributed by atoms with Crippen LogP contribution in [0.1, 0.15) is 29.0 Å². The molecule has 0 aliphatic carbocycles. The Kier molecular flexibility index (Phi) is 4.88. The third kappa shape index (κ3) is 3.45. The van der Waals surface area contributed by atoms with Gasteiger partial charge >= 0.3 is 0 Å². The SMILES string of the molecule is Cn1c(CN(C(=O)c2ccc3nc(N)c4ccccc4c3c2)N2CCCC2=O)nc2ccccc21. The Morgan fingerprint density at radius 2 is 1.74 bits per heavy atom. The molecule has 8 heteroatoms. The number of nitrogen functional groups attached to an aromatic ring is 1. The van der Waals surface area contributed by atoms with Gasteiger partial charge in [0, 0.05) is 36.3 Å². The van der Waals surface area contributed by atoms with Crippen LogP contribution in [0.4, 0.5) is 5.82 Å². The summed E-state index contributed by atoms with van der Waals surface area (Å²) in [4.78, 5) is 35.9. The van der Waals surface area contributed by atoms with E-state index in [9.17, 15) is 9.59 Å². The van der Waals surface area contributed by atoms with Crippen molar-refractivity contribution in [1.29, 1.82) is 0 Å². The molecule has 8 nitrogen and oxygen atoms in total. The van der Waals surface area contributed by atoms with Gasteiger partial charge in [-0.25, -0.2) is 15.0 Å². The summed E-state index contributed by atoms with van der Waals surface area (Å²) in [6, 6.07) is 21.0. The van der Waals surface area contributed by atoms with Crippen LogP contribution in [0.25, 0.3) is 32.7 Å². The number of aromatic nitrogens is 3. The Labute approximate surface area is 201 Å². The molecule has 0 spiro atoms. The molecule has 1 aliphatic heterocycles. The van der Waals surface area contributed by atoms with E-state index in [0.717, 1.165) is 39.1 Å². The second-order valence-corrected chi connectivity index (χ2v) is 8.83. The van der Waals surface area contributed by atoms with Crippen molar-refractivity contribution in [3.63, 3.8) is 0 Å². The highest BCUT2D eigenvalue weighted by Crippen LogP contribution is 2.29. The highest BCUT2D eigenvalue weighted by Gasteiger charge is 2.32. The van der Waals surface area contributed by atoms with Crippen molar-refractivity contribution in [3.8, 4) is 0 Å². The number of hydrogen-bond acceptors (Lipinski definition) is 5. The number of hydrogen-bond donors (Lipinski definition) is 1. The third-order valence-electron chi connectivity index (χ3n) is 6.72. The molecule has 1 saturated heterocycles. The predicted molar refractivity (Wildman–Crippen MR) is 135 cm³/mol. The summed E-state index contributed by atoms with van der Waals surface area (Å²) in [5.74, 6) is 0.853. The fourth-order valence-electron chi connectivity index (χ4n) is 4.89. The summed E-state index contributed by atoms with van der Waals surface area (Å²) in [6.45, 7) is 0.692. The predicted octanol–water partition coefficient (Wildman–Crippen LogP) is 4.04. The van der Waals surface area contributed by atoms with E-state index in [4.69, 9.17) is 10.7 Å². The Morgan fingerprint density at radius 1 is 0.971 bits per heavy atom. The van der Waals surface area contributed by atoms with Gasteiger partial charge in [0.2, 0.25) is 5.91 Å². The first kappa shape index (κ1) is 21.1. The molecule has 3 heterocycles. The highest BCUT2D eigenvalue weighted by molar-refractivity contribution is 6.11. The van der Waals surface area contributed by atoms with Crippen LogP contribution in [0, 0.1) is 0 Å². The molecule has 2 aromatic heterocycles. The minimum Gasteiger partial charge on any atom is -0.383 e. The van der Waals surface area contributed by atoms with Gasteiger partial charge in [0.25, 0.3) is 5.91 Å². The zero-order chi connectivity index (χ0) is 24.1. The summed E-state index contributed by atoms with van der Waals surface area (Å²) < 4.78 is 1.97. The van der Waals surface area contributed by atoms with E-state index < -0.39 is 0 Å². The van der Waals surface area contributed by atoms with Crippen molar-refractivity contribution in [1.82, 2.24) is 24.6 Å². The standard InChI is InChI=1S/C27H24N6O2/c1-31-23-10-5-4-9-22(23)29-24(31)16-33(32-14-6-11-25(32)34)27(35)17-12-13-21-20(15-17)18-7-2-3-8-19(18)26(28)30-21/h2-5,7-10,12-13,15H,6,11,14,16H2,1H3,(H2,28,30). The van der Waals surface area contributed by atoms with Crippen LogP contribution >= 0.6 is 0 Å². The number of nitrogens with zero attached hydrogens (tertiary/aromatic N) is 5. The maximum Gasteiger partial charge on any atom is 0.272 e. The first-order valence-electron chi connectivity index (χ1n) is 11.6. The third-order valence-corrected chi connectivity index (χ3v) is 6.72. The summed E-state index contributed by atoms with van der Waals surface area (Å²) >= 11 is 0. The number of carbonyl (C=O) groups is 2. The van der Waals surface area contributed by atoms with Crippen molar-refractivity contribution in [2.45, 2.75) is 19.4 Å². The first-order valence-corrected chi connectivity index (χ1v) is 11.6. The summed E-state index contributed by atoms with van der Waals surface area (Å²) in [6.07, 6.45) is 1.15. The molecule has 1 aliphatic rings. The van der Waals surface area contributed by atoms with Gasteiger partial charge in [0.1, 0.15) is 18.2 Å². The number of amides is 2. The van der Waals surface area contributed by atoms with E-state index >= 15 is 0 Å². The van der Waals surface area contributed by atoms with Crippen molar-refractivity contribution in [2.75, 3.05) is 12.3 Å². The lowest BCUT2D eigenvalue weighted by Gasteiger charge is -2.31. The number of rotatable bonds is 4. The molecule has 3 aromatic carbocycles. The second-order valence-electron chi connectivity index (χ2n) is 8.83. The average Bonchev–Trinajstić information content (AvgIpc) is 3.45. The Morgan fingerprint density at radius 3 is 2.51 bits per heavy atom. The molecule has 0 unspecified atom stereocenters. The minimum absolute atomic E-state index is 0.0576. The normalized spacial score (nSPS) is 13.9. The topological polar surface area (TPSA) is 97.4 Å². The van der Waals surface area contributed by atoms with E-state index in [1.165, 1.54) is 5.01 Å². The lowest BCUT2D eigenvalue weighted by Crippen LogP contribution is -2.47. The van der Waals surface area contributed by atoms with Gasteiger partial charge in [0.15, 0.2) is 0 Å². The van der Waals surface area contributed by atoms with Crippen molar-refractivity contribution >= 4 is 50.3 Å². The number of anilines is 1. The van der Waals surface area contributed by atoms with Crippen LogP contribution < -0.4 is 5.73 Å². The summed E-state index contributed by atoms with van der Waals surface area (Å²) in [5, 5.41) is 5.71. The van der Waals surface area contributed by atoms with Gasteiger partial charge < -0.3 is 10.3 Å². The van der Waals surface area contributed by atoms with Crippen molar-refractivity contribution in [2.24, 2.45) is 7.05 Å². The van der Waals surface area contributed by atoms with E-state index in [2.05, 4.69) is 4.98 Å². The molecule has 0 bridgehead atoms. The molecule has 2 amide bonds. The fraction of sp³-hybridized carbons (Fsp3) is 0.185. The molecular weight excluding hydrogens is 440 g/mol. The van der Waals surface area contributed by atoms with E-state index in [-0.39, 0.29) is 18.4 Å². The number of benzene rings is 3. The Balaban J connectivity index is 1.45. The van der Waals surface area contributed by atoms with Crippen LogP contribution in [0.3, 0.4) is 0 Å². The summed E-state index contributed by atoms with van der Waals surface area (Å²) in [5.41, 5.74) is 9.19. The summed E-state index contributed by atoms with van der Waals surface area (Å²) in [7, 11) is 1.93. The molecule has 0 radical (unpaired) electrons. The lowest BCUT2D eigenvalue weighted by molar-refractivity contribution is -0.140. The molecule has 0 saturated carbocycles. The molecule has 2 N–H and O–H groups in total. The van der Waals surface area contributed by atoms with Crippen LogP contribution in [-0.2, 0) is 18.4 Å². The molecule has 35 heavy (non-hydrogen) atoms. The second kappa shape index (κ2) is 8.09. The van der Waals surface area contributed by atoms with Crippen LogP contribution in [0.5, 0.6) is 0 Å². The Hall–Kier alpha value is -4.46. The molecule has 174 valence electrons. The van der Waals surface area contributed by atoms with Crippen LogP contribution in [-0.4, -0.2) is 42.9 Å². The molecule has 1 fully saturated rings. The molecular formula is C27H24N6O2. The minimum atomic E-state index is -0.255. The maximum atomic E-state index is 13.9. The number of fused-ring (bicyclic) bond motifs is 4. The molecule has 6 rings (SSSR count).